The van der Waals surface area contributed by atoms with E-state index in [1.165, 1.54) is 30.3 Å². The Kier molecular flexibility index (Phi) is 8.89. The van der Waals surface area contributed by atoms with Crippen molar-refractivity contribution in [2.24, 2.45) is 0 Å². The molecule has 40 heavy (non-hydrogen) atoms. The van der Waals surface area contributed by atoms with Gasteiger partial charge in [-0.2, -0.15) is 8.42 Å². The number of aromatic nitrogens is 1. The first kappa shape index (κ1) is 29.2. The Morgan fingerprint density at radius 1 is 1.07 bits per heavy atom. The second-order valence-corrected chi connectivity index (χ2v) is 11.3. The lowest BCUT2D eigenvalue weighted by Gasteiger charge is -2.33. The third-order valence-electron chi connectivity index (χ3n) is 6.61. The number of halogens is 3. The van der Waals surface area contributed by atoms with Crippen LogP contribution in [-0.4, -0.2) is 49.9 Å². The molecule has 0 saturated carbocycles. The molecule has 212 valence electrons. The molecule has 9 nitrogen and oxygen atoms in total. The third kappa shape index (κ3) is 6.50. The quantitative estimate of drug-likeness (QED) is 0.352. The summed E-state index contributed by atoms with van der Waals surface area (Å²) in [6, 6.07) is 9.25. The van der Waals surface area contributed by atoms with E-state index in [4.69, 9.17) is 11.6 Å². The first-order chi connectivity index (χ1) is 19.0. The molecule has 1 fully saturated rings. The fourth-order valence-electron chi connectivity index (χ4n) is 4.53. The minimum atomic E-state index is -4.51. The van der Waals surface area contributed by atoms with Gasteiger partial charge in [0.05, 0.1) is 11.3 Å². The molecule has 0 aliphatic carbocycles. The maximum Gasteiger partial charge on any atom is 0.328 e. The number of anilines is 2. The number of carbonyl (C=O) groups is 2. The number of pyridine rings is 1. The highest BCUT2D eigenvalue weighted by Gasteiger charge is 2.31. The highest BCUT2D eigenvalue weighted by molar-refractivity contribution is 7.90. The molecule has 3 amide bonds. The van der Waals surface area contributed by atoms with Crippen LogP contribution in [0.1, 0.15) is 47.2 Å². The highest BCUT2D eigenvalue weighted by atomic mass is 35.5. The van der Waals surface area contributed by atoms with Crippen molar-refractivity contribution in [2.75, 3.05) is 25.0 Å². The number of aryl methyl sites for hydroxylation is 1. The summed E-state index contributed by atoms with van der Waals surface area (Å²) in [6.07, 6.45) is 2.37. The molecular weight excluding hydrogens is 564 g/mol. The Morgan fingerprint density at radius 3 is 2.35 bits per heavy atom. The van der Waals surface area contributed by atoms with Crippen LogP contribution in [-0.2, 0) is 10.0 Å². The molecule has 4 rings (SSSR count). The molecule has 1 aromatic heterocycles. The lowest BCUT2D eigenvalue weighted by atomic mass is 9.89. The van der Waals surface area contributed by atoms with Crippen LogP contribution in [0.4, 0.5) is 25.0 Å². The minimum Gasteiger partial charge on any atom is -0.353 e. The zero-order valence-corrected chi connectivity index (χ0v) is 23.4. The van der Waals surface area contributed by atoms with Gasteiger partial charge in [0.2, 0.25) is 0 Å². The maximum absolute atomic E-state index is 13.7. The van der Waals surface area contributed by atoms with Gasteiger partial charge >= 0.3 is 6.03 Å². The van der Waals surface area contributed by atoms with E-state index in [0.717, 1.165) is 11.8 Å². The van der Waals surface area contributed by atoms with E-state index >= 15 is 0 Å². The van der Waals surface area contributed by atoms with Crippen molar-refractivity contribution >= 4 is 44.9 Å². The smallest absolute Gasteiger partial charge is 0.328 e. The Labute approximate surface area is 236 Å². The molecular formula is C27H28ClF2N5O4S. The van der Waals surface area contributed by atoms with E-state index < -0.39 is 37.8 Å². The molecule has 0 spiro atoms. The Bertz CT molecular complexity index is 1530. The molecule has 3 aromatic rings. The average molecular weight is 592 g/mol. The Balaban J connectivity index is 1.66. The fourth-order valence-corrected chi connectivity index (χ4v) is 5.98. The molecule has 2 heterocycles. The number of nitrogens with zero attached hydrogens (tertiary/aromatic N) is 2. The Morgan fingerprint density at radius 2 is 1.73 bits per heavy atom. The number of amides is 3. The monoisotopic (exact) mass is 591 g/mol. The molecule has 1 aliphatic heterocycles. The van der Waals surface area contributed by atoms with Crippen molar-refractivity contribution in [1.82, 2.24) is 19.9 Å². The molecule has 0 radical (unpaired) electrons. The van der Waals surface area contributed by atoms with E-state index in [0.29, 0.717) is 37.2 Å². The number of urea groups is 1. The zero-order chi connectivity index (χ0) is 29.0. The number of carbonyl (C=O) groups excluding carboxylic acids is 2. The minimum absolute atomic E-state index is 0.00548. The number of piperidine rings is 1. The second kappa shape index (κ2) is 12.2. The van der Waals surface area contributed by atoms with E-state index in [2.05, 4.69) is 15.6 Å². The lowest BCUT2D eigenvalue weighted by molar-refractivity contribution is 0.0713. The summed E-state index contributed by atoms with van der Waals surface area (Å²) in [6.45, 7) is 4.23. The van der Waals surface area contributed by atoms with Crippen LogP contribution in [0.25, 0.3) is 0 Å². The Hall–Kier alpha value is -3.77. The number of likely N-dealkylation sites (tertiary alicyclic amines) is 1. The molecule has 0 unspecified atom stereocenters. The predicted molar refractivity (Wildman–Crippen MR) is 147 cm³/mol. The topological polar surface area (TPSA) is 121 Å². The standard InChI is InChI=1S/C27H28ClF2N5O4S/c1-3-31-27(37)34-40(38,39)25-23(28)24(33-22-9-8-20(30)14-16(22)2)21(15-32-25)26(36)35-12-10-18(11-13-35)17-4-6-19(29)7-5-17/h4-9,14-15,18H,3,10-13H2,1-2H3,(H,32,33)(H2,31,34,37). The van der Waals surface area contributed by atoms with E-state index in [9.17, 15) is 26.8 Å². The number of hydrogen-bond donors (Lipinski definition) is 3. The summed E-state index contributed by atoms with van der Waals surface area (Å²) in [5, 5.41) is 4.22. The van der Waals surface area contributed by atoms with Gasteiger partial charge in [-0.1, -0.05) is 23.7 Å². The predicted octanol–water partition coefficient (Wildman–Crippen LogP) is 5.09. The van der Waals surface area contributed by atoms with Crippen molar-refractivity contribution in [1.29, 1.82) is 0 Å². The normalized spacial score (nSPS) is 14.1. The lowest BCUT2D eigenvalue weighted by Crippen LogP contribution is -2.40. The van der Waals surface area contributed by atoms with Crippen LogP contribution in [0.2, 0.25) is 5.02 Å². The SMILES string of the molecule is CCNC(=O)NS(=O)(=O)c1ncc(C(=O)N2CCC(c3ccc(F)cc3)CC2)c(Nc2ccc(F)cc2C)c1Cl. The molecule has 0 atom stereocenters. The van der Waals surface area contributed by atoms with Crippen molar-refractivity contribution in [3.8, 4) is 0 Å². The van der Waals surface area contributed by atoms with Crippen LogP contribution in [0.3, 0.4) is 0 Å². The number of nitrogens with one attached hydrogen (secondary N) is 3. The van der Waals surface area contributed by atoms with Gasteiger partial charge in [-0.25, -0.2) is 23.3 Å². The highest BCUT2D eigenvalue weighted by Crippen LogP contribution is 2.36. The van der Waals surface area contributed by atoms with Crippen molar-refractivity contribution in [3.05, 3.63) is 82.0 Å². The molecule has 1 aliphatic rings. The van der Waals surface area contributed by atoms with Gasteiger partial charge in [-0.3, -0.25) is 4.79 Å². The summed E-state index contributed by atoms with van der Waals surface area (Å²) in [7, 11) is -4.51. The summed E-state index contributed by atoms with van der Waals surface area (Å²) in [5.74, 6) is -1.07. The van der Waals surface area contributed by atoms with Gasteiger partial charge in [0.15, 0.2) is 5.03 Å². The van der Waals surface area contributed by atoms with E-state index in [1.807, 2.05) is 4.72 Å². The van der Waals surface area contributed by atoms with Crippen molar-refractivity contribution in [3.63, 3.8) is 0 Å². The number of benzene rings is 2. The van der Waals surface area contributed by atoms with Gasteiger partial charge < -0.3 is 15.5 Å². The summed E-state index contributed by atoms with van der Waals surface area (Å²) < 4.78 is 54.7. The summed E-state index contributed by atoms with van der Waals surface area (Å²) in [4.78, 5) is 31.1. The van der Waals surface area contributed by atoms with Crippen LogP contribution >= 0.6 is 11.6 Å². The molecule has 2 aromatic carbocycles. The number of sulfonamides is 1. The van der Waals surface area contributed by atoms with Gasteiger partial charge in [0.1, 0.15) is 16.7 Å². The first-order valence-electron chi connectivity index (χ1n) is 12.6. The first-order valence-corrected chi connectivity index (χ1v) is 14.4. The number of rotatable bonds is 7. The molecule has 3 N–H and O–H groups in total. The van der Waals surface area contributed by atoms with E-state index in [1.54, 1.807) is 30.9 Å². The van der Waals surface area contributed by atoms with Crippen molar-refractivity contribution < 1.29 is 26.8 Å². The molecule has 13 heteroatoms. The van der Waals surface area contributed by atoms with Gasteiger partial charge in [-0.05, 0) is 74.1 Å². The molecule has 1 saturated heterocycles. The summed E-state index contributed by atoms with van der Waals surface area (Å²) >= 11 is 6.54. The average Bonchev–Trinajstić information content (AvgIpc) is 2.91. The summed E-state index contributed by atoms with van der Waals surface area (Å²) in [5.41, 5.74) is 1.82. The van der Waals surface area contributed by atoms with Crippen LogP contribution in [0, 0.1) is 18.6 Å². The zero-order valence-electron chi connectivity index (χ0n) is 21.8. The molecule has 0 bridgehead atoms. The van der Waals surface area contributed by atoms with Crippen LogP contribution < -0.4 is 15.4 Å². The van der Waals surface area contributed by atoms with Crippen molar-refractivity contribution in [2.45, 2.75) is 37.6 Å². The maximum atomic E-state index is 13.7. The second-order valence-electron chi connectivity index (χ2n) is 9.33. The van der Waals surface area contributed by atoms with Gasteiger partial charge in [0, 0.05) is 31.5 Å². The van der Waals surface area contributed by atoms with Gasteiger partial charge in [-0.15, -0.1) is 0 Å². The number of hydrogen-bond acceptors (Lipinski definition) is 6. The van der Waals surface area contributed by atoms with Gasteiger partial charge in [0.25, 0.3) is 15.9 Å². The van der Waals surface area contributed by atoms with Crippen LogP contribution in [0.15, 0.2) is 53.7 Å². The van der Waals surface area contributed by atoms with Crippen LogP contribution in [0.5, 0.6) is 0 Å². The largest absolute Gasteiger partial charge is 0.353 e. The van der Waals surface area contributed by atoms with E-state index in [-0.39, 0.29) is 29.5 Å². The fraction of sp³-hybridized carbons (Fsp3) is 0.296. The third-order valence-corrected chi connectivity index (χ3v) is 8.36.